The van der Waals surface area contributed by atoms with Crippen LogP contribution in [0.3, 0.4) is 0 Å². The Morgan fingerprint density at radius 3 is 1.83 bits per heavy atom. The Hall–Kier alpha value is -5.02. The third-order valence-electron chi connectivity index (χ3n) is 8.85. The Balaban J connectivity index is 1.61. The van der Waals surface area contributed by atoms with Gasteiger partial charge in [0.05, 0.1) is 6.10 Å². The minimum absolute atomic E-state index is 0.0755. The second kappa shape index (κ2) is 19.2. The number of amides is 1. The van der Waals surface area contributed by atoms with E-state index in [1.807, 2.05) is 55.5 Å². The fourth-order valence-electron chi connectivity index (χ4n) is 6.64. The monoisotopic (exact) mass is 741 g/mol. The molecule has 7 atom stereocenters. The second-order valence-electron chi connectivity index (χ2n) is 12.9. The number of alkyl carbamates (subject to hydrolysis) is 1. The Morgan fingerprint density at radius 2 is 1.28 bits per heavy atom. The minimum Gasteiger partial charge on any atom is -0.480 e. The highest BCUT2D eigenvalue weighted by molar-refractivity contribution is 5.81. The third kappa shape index (κ3) is 11.0. The van der Waals surface area contributed by atoms with Crippen LogP contribution in [0, 0.1) is 0 Å². The van der Waals surface area contributed by atoms with Crippen molar-refractivity contribution >= 4 is 35.9 Å². The number of aliphatic carboxylic acids is 1. The van der Waals surface area contributed by atoms with E-state index in [2.05, 4.69) is 5.32 Å². The molecule has 0 unspecified atom stereocenters. The van der Waals surface area contributed by atoms with E-state index in [4.69, 9.17) is 33.2 Å². The van der Waals surface area contributed by atoms with E-state index in [0.717, 1.165) is 62.8 Å². The Kier molecular flexibility index (Phi) is 14.7. The van der Waals surface area contributed by atoms with Gasteiger partial charge in [0.1, 0.15) is 19.3 Å². The van der Waals surface area contributed by atoms with Crippen molar-refractivity contribution in [2.75, 3.05) is 13.2 Å². The van der Waals surface area contributed by atoms with E-state index < -0.39 is 85.4 Å². The summed E-state index contributed by atoms with van der Waals surface area (Å²) in [7, 11) is 0. The molecule has 0 aromatic heterocycles. The lowest BCUT2D eigenvalue weighted by Crippen LogP contribution is -2.64. The molecule has 2 aliphatic rings. The van der Waals surface area contributed by atoms with Gasteiger partial charge in [0.2, 0.25) is 0 Å². The van der Waals surface area contributed by atoms with Crippen molar-refractivity contribution in [3.05, 3.63) is 59.7 Å². The molecule has 2 aromatic carbocycles. The van der Waals surface area contributed by atoms with E-state index in [1.165, 1.54) is 0 Å². The van der Waals surface area contributed by atoms with Crippen molar-refractivity contribution in [2.24, 2.45) is 0 Å². The summed E-state index contributed by atoms with van der Waals surface area (Å²) in [5, 5.41) is 12.9. The van der Waals surface area contributed by atoms with Crippen molar-refractivity contribution < 1.29 is 67.0 Å². The first-order chi connectivity index (χ1) is 25.3. The summed E-state index contributed by atoms with van der Waals surface area (Å²) < 4.78 is 39.5. The summed E-state index contributed by atoms with van der Waals surface area (Å²) in [5.41, 5.74) is 3.98. The summed E-state index contributed by atoms with van der Waals surface area (Å²) in [5.74, 6) is -4.94. The quantitative estimate of drug-likeness (QED) is 0.131. The number of carbonyl (C=O) groups excluding carboxylic acids is 5. The molecule has 15 nitrogen and oxygen atoms in total. The SMILES string of the molecule is CCCCCC[C@@H](O[C@@H]1O[C@H](COC(C)=O)[C@@H](OC(C)=O)[C@H](OC(C)=O)[C@H]1OC(C)=O)[C@H](NC(=O)OCC1c2ccccc2-c2ccccc21)C(=O)O. The average Bonchev–Trinajstić information content (AvgIpc) is 3.42. The summed E-state index contributed by atoms with van der Waals surface area (Å²) >= 11 is 0. The van der Waals surface area contributed by atoms with Crippen LogP contribution in [0.15, 0.2) is 48.5 Å². The highest BCUT2D eigenvalue weighted by atomic mass is 16.7. The standard InChI is InChI=1S/C38H47NO14/c1-6-7-8-9-18-30(32(36(44)45)39-38(46)48-19-29-27-16-12-10-14-25(27)26-15-11-13-17-28(26)29)52-37-35(51-24(5)43)34(50-23(4)42)33(49-22(3)41)31(53-37)20-47-21(2)40/h10-17,29-35,37H,6-9,18-20H2,1-5H3,(H,39,46)(H,44,45)/t30-,31-,32+,33-,34+,35-,37-/m1/s1. The largest absolute Gasteiger partial charge is 0.480 e. The van der Waals surface area contributed by atoms with Crippen molar-refractivity contribution in [2.45, 2.75) is 115 Å². The molecule has 0 saturated carbocycles. The van der Waals surface area contributed by atoms with Gasteiger partial charge in [-0.2, -0.15) is 0 Å². The zero-order chi connectivity index (χ0) is 38.7. The molecule has 15 heteroatoms. The van der Waals surface area contributed by atoms with Gasteiger partial charge in [-0.05, 0) is 28.7 Å². The highest BCUT2D eigenvalue weighted by Crippen LogP contribution is 2.44. The van der Waals surface area contributed by atoms with Gasteiger partial charge >= 0.3 is 35.9 Å². The van der Waals surface area contributed by atoms with Crippen LogP contribution >= 0.6 is 0 Å². The van der Waals surface area contributed by atoms with Crippen LogP contribution in [0.2, 0.25) is 0 Å². The molecule has 0 spiro atoms. The summed E-state index contributed by atoms with van der Waals surface area (Å²) in [4.78, 5) is 74.7. The van der Waals surface area contributed by atoms with E-state index in [1.54, 1.807) is 0 Å². The molecule has 288 valence electrons. The molecule has 1 aliphatic heterocycles. The molecule has 1 saturated heterocycles. The lowest BCUT2D eigenvalue weighted by molar-refractivity contribution is -0.318. The van der Waals surface area contributed by atoms with Crippen molar-refractivity contribution in [1.82, 2.24) is 5.32 Å². The number of nitrogens with one attached hydrogen (secondary N) is 1. The Labute approximate surface area is 307 Å². The number of rotatable bonds is 17. The highest BCUT2D eigenvalue weighted by Gasteiger charge is 2.54. The molecule has 1 heterocycles. The molecule has 53 heavy (non-hydrogen) atoms. The number of carboxylic acids is 1. The number of carboxylic acid groups (broad SMARTS) is 1. The van der Waals surface area contributed by atoms with Crippen LogP contribution in [0.5, 0.6) is 0 Å². The second-order valence-corrected chi connectivity index (χ2v) is 12.9. The number of fused-ring (bicyclic) bond motifs is 3. The zero-order valence-electron chi connectivity index (χ0n) is 30.4. The number of hydrogen-bond donors (Lipinski definition) is 2. The van der Waals surface area contributed by atoms with E-state index in [9.17, 15) is 33.9 Å². The predicted octanol–water partition coefficient (Wildman–Crippen LogP) is 4.42. The fourth-order valence-corrected chi connectivity index (χ4v) is 6.64. The Bertz CT molecular complexity index is 1580. The maximum Gasteiger partial charge on any atom is 0.407 e. The Morgan fingerprint density at radius 1 is 0.717 bits per heavy atom. The van der Waals surface area contributed by atoms with Gasteiger partial charge < -0.3 is 43.6 Å². The van der Waals surface area contributed by atoms with Crippen molar-refractivity contribution in [3.8, 4) is 11.1 Å². The van der Waals surface area contributed by atoms with Gasteiger partial charge in [0.15, 0.2) is 30.6 Å². The number of benzene rings is 2. The number of unbranched alkanes of at least 4 members (excludes halogenated alkanes) is 3. The normalized spacial score (nSPS) is 21.6. The van der Waals surface area contributed by atoms with Gasteiger partial charge in [-0.25, -0.2) is 9.59 Å². The smallest absolute Gasteiger partial charge is 0.407 e. The van der Waals surface area contributed by atoms with E-state index in [0.29, 0.717) is 12.8 Å². The first-order valence-corrected chi connectivity index (χ1v) is 17.6. The van der Waals surface area contributed by atoms with Gasteiger partial charge in [-0.3, -0.25) is 19.2 Å². The maximum atomic E-state index is 13.3. The lowest BCUT2D eigenvalue weighted by atomic mass is 9.97. The number of esters is 4. The van der Waals surface area contributed by atoms with E-state index >= 15 is 0 Å². The number of hydrogen-bond acceptors (Lipinski definition) is 13. The van der Waals surface area contributed by atoms with Crippen LogP contribution in [0.1, 0.15) is 83.8 Å². The van der Waals surface area contributed by atoms with E-state index in [-0.39, 0.29) is 18.9 Å². The van der Waals surface area contributed by atoms with Gasteiger partial charge in [0, 0.05) is 33.6 Å². The van der Waals surface area contributed by atoms with Crippen LogP contribution in [-0.4, -0.2) is 97.1 Å². The zero-order valence-corrected chi connectivity index (χ0v) is 30.4. The van der Waals surface area contributed by atoms with Crippen LogP contribution in [0.25, 0.3) is 11.1 Å². The summed E-state index contributed by atoms with van der Waals surface area (Å²) in [6.45, 7) is 5.82. The molecule has 1 aliphatic carbocycles. The molecule has 2 aromatic rings. The van der Waals surface area contributed by atoms with Crippen LogP contribution in [-0.2, 0) is 57.1 Å². The first-order valence-electron chi connectivity index (χ1n) is 17.6. The summed E-state index contributed by atoms with van der Waals surface area (Å²) in [6, 6.07) is 13.8. The molecule has 4 rings (SSSR count). The summed E-state index contributed by atoms with van der Waals surface area (Å²) in [6.07, 6.45) is -6.86. The van der Waals surface area contributed by atoms with Crippen LogP contribution < -0.4 is 5.32 Å². The van der Waals surface area contributed by atoms with Gasteiger partial charge in [-0.1, -0.05) is 81.1 Å². The first kappa shape index (κ1) is 40.7. The van der Waals surface area contributed by atoms with Gasteiger partial charge in [-0.15, -0.1) is 0 Å². The lowest BCUT2D eigenvalue weighted by Gasteiger charge is -2.45. The molecule has 0 radical (unpaired) electrons. The van der Waals surface area contributed by atoms with Crippen molar-refractivity contribution in [3.63, 3.8) is 0 Å². The average molecular weight is 742 g/mol. The fraction of sp³-hybridized carbons (Fsp3) is 0.526. The predicted molar refractivity (Wildman–Crippen MR) is 185 cm³/mol. The molecule has 0 bridgehead atoms. The number of ether oxygens (including phenoxy) is 7. The molecular weight excluding hydrogens is 694 g/mol. The molecular formula is C38H47NO14. The van der Waals surface area contributed by atoms with Crippen LogP contribution in [0.4, 0.5) is 4.79 Å². The molecule has 2 N–H and O–H groups in total. The minimum atomic E-state index is -1.70. The van der Waals surface area contributed by atoms with Crippen molar-refractivity contribution in [1.29, 1.82) is 0 Å². The topological polar surface area (TPSA) is 199 Å². The van der Waals surface area contributed by atoms with Gasteiger partial charge in [0.25, 0.3) is 0 Å². The third-order valence-corrected chi connectivity index (χ3v) is 8.85. The molecule has 1 fully saturated rings. The number of carbonyl (C=O) groups is 6. The molecule has 1 amide bonds. The maximum absolute atomic E-state index is 13.3.